The van der Waals surface area contributed by atoms with Gasteiger partial charge in [0.1, 0.15) is 27.6 Å². The molecular formula is C42H38N6O5S2. The number of nitriles is 1. The first kappa shape index (κ1) is 38.5. The predicted molar refractivity (Wildman–Crippen MR) is 214 cm³/mol. The topological polar surface area (TPSA) is 154 Å². The lowest BCUT2D eigenvalue weighted by Gasteiger charge is -2.29. The number of nitrogens with zero attached hydrogens (tertiary/aromatic N) is 3. The van der Waals surface area contributed by atoms with E-state index in [9.17, 15) is 24.4 Å². The minimum absolute atomic E-state index is 0.0163. The maximum Gasteiger partial charge on any atom is 0.410 e. The first-order valence-corrected chi connectivity index (χ1v) is 19.1. The summed E-state index contributed by atoms with van der Waals surface area (Å²) in [6.45, 7) is 6.12. The van der Waals surface area contributed by atoms with Crippen molar-refractivity contribution in [1.82, 2.24) is 15.2 Å². The van der Waals surface area contributed by atoms with Crippen LogP contribution in [0.15, 0.2) is 120 Å². The minimum Gasteiger partial charge on any atom is -0.444 e. The van der Waals surface area contributed by atoms with E-state index in [1.807, 2.05) is 57.2 Å². The number of ether oxygens (including phenoxy) is 1. The Bertz CT molecular complexity index is 2260. The number of thiophene rings is 1. The van der Waals surface area contributed by atoms with Crippen molar-refractivity contribution >= 4 is 63.7 Å². The van der Waals surface area contributed by atoms with Gasteiger partial charge in [-0.05, 0) is 86.4 Å². The number of benzene rings is 3. The highest BCUT2D eigenvalue weighted by Gasteiger charge is 2.31. The second-order valence-corrected chi connectivity index (χ2v) is 15.8. The zero-order valence-corrected chi connectivity index (χ0v) is 32.0. The molecule has 1 aliphatic rings. The zero-order chi connectivity index (χ0) is 39.0. The van der Waals surface area contributed by atoms with Crippen molar-refractivity contribution in [2.45, 2.75) is 49.5 Å². The van der Waals surface area contributed by atoms with Gasteiger partial charge in [0.15, 0.2) is 0 Å². The van der Waals surface area contributed by atoms with Crippen molar-refractivity contribution < 1.29 is 23.9 Å². The Morgan fingerprint density at radius 1 is 0.964 bits per heavy atom. The van der Waals surface area contributed by atoms with Gasteiger partial charge in [0.05, 0.1) is 12.1 Å². The van der Waals surface area contributed by atoms with Crippen LogP contribution in [0.25, 0.3) is 6.08 Å². The van der Waals surface area contributed by atoms with Crippen molar-refractivity contribution in [3.8, 4) is 6.07 Å². The van der Waals surface area contributed by atoms with Gasteiger partial charge in [0.2, 0.25) is 5.91 Å². The van der Waals surface area contributed by atoms with Gasteiger partial charge in [-0.25, -0.2) is 4.79 Å². The predicted octanol–water partition coefficient (Wildman–Crippen LogP) is 8.19. The van der Waals surface area contributed by atoms with Gasteiger partial charge >= 0.3 is 6.09 Å². The number of nitrogens with one attached hydrogen (secondary N) is 3. The molecule has 13 heteroatoms. The molecule has 1 atom stereocenters. The number of thioether (sulfide) groups is 1. The van der Waals surface area contributed by atoms with E-state index in [4.69, 9.17) is 4.74 Å². The van der Waals surface area contributed by atoms with E-state index in [1.165, 1.54) is 23.1 Å². The monoisotopic (exact) mass is 770 g/mol. The van der Waals surface area contributed by atoms with Gasteiger partial charge in [-0.1, -0.05) is 60.7 Å². The molecule has 0 radical (unpaired) electrons. The first-order valence-electron chi connectivity index (χ1n) is 17.4. The molecule has 5 aromatic rings. The smallest absolute Gasteiger partial charge is 0.410 e. The maximum absolute atomic E-state index is 14.1. The van der Waals surface area contributed by atoms with Crippen LogP contribution >= 0.6 is 23.1 Å². The zero-order valence-electron chi connectivity index (χ0n) is 30.4. The number of rotatable bonds is 10. The average molecular weight is 771 g/mol. The molecular weight excluding hydrogens is 733 g/mol. The lowest BCUT2D eigenvalue weighted by molar-refractivity contribution is -0.116. The van der Waals surface area contributed by atoms with Crippen LogP contribution in [0, 0.1) is 11.3 Å². The Morgan fingerprint density at radius 3 is 2.40 bits per heavy atom. The van der Waals surface area contributed by atoms with Gasteiger partial charge in [-0.3, -0.25) is 19.4 Å². The van der Waals surface area contributed by atoms with Crippen LogP contribution in [-0.2, 0) is 27.3 Å². The van der Waals surface area contributed by atoms with Crippen LogP contribution in [0.5, 0.6) is 0 Å². The number of amides is 4. The fraction of sp³-hybridized carbons (Fsp3) is 0.190. The Labute approximate surface area is 327 Å². The molecule has 55 heavy (non-hydrogen) atoms. The Hall–Kier alpha value is -6.23. The van der Waals surface area contributed by atoms with E-state index in [0.29, 0.717) is 45.2 Å². The molecule has 6 rings (SSSR count). The molecule has 0 saturated carbocycles. The SMILES string of the molecule is CC(C)(C)OC(=O)N1CCc2c(sc(NC(=O)C(Sc3cccc(NC(=O)/C(=C/c4cccnc4)NC(=O)c4ccccc4)c3)c3ccccc3)c2C#N)C1. The normalized spacial score (nSPS) is 13.1. The summed E-state index contributed by atoms with van der Waals surface area (Å²) in [5.41, 5.74) is 2.79. The standard InChI is InChI=1S/C42H38N6O5S2/c1-42(2,3)53-41(52)48-21-19-32-33(24-43)40(55-35(32)26-48)47-39(51)36(28-13-6-4-7-14-28)54-31-18-10-17-30(23-31)45-38(50)34(22-27-12-11-20-44-25-27)46-37(49)29-15-8-5-9-16-29/h4-18,20,22-23,25,36H,19,21,26H2,1-3H3,(H,45,50)(H,46,49)(H,47,51)/b34-22-. The molecule has 0 bridgehead atoms. The molecule has 0 spiro atoms. The fourth-order valence-corrected chi connectivity index (χ4v) is 8.02. The second kappa shape index (κ2) is 17.3. The summed E-state index contributed by atoms with van der Waals surface area (Å²) in [6, 6.07) is 30.7. The third-order valence-corrected chi connectivity index (χ3v) is 10.6. The lowest BCUT2D eigenvalue weighted by Crippen LogP contribution is -2.39. The fourth-order valence-electron chi connectivity index (χ4n) is 5.72. The van der Waals surface area contributed by atoms with Gasteiger partial charge in [-0.15, -0.1) is 23.1 Å². The second-order valence-electron chi connectivity index (χ2n) is 13.5. The van der Waals surface area contributed by atoms with Crippen LogP contribution in [0.2, 0.25) is 0 Å². The summed E-state index contributed by atoms with van der Waals surface area (Å²) in [7, 11) is 0. The van der Waals surface area contributed by atoms with E-state index in [2.05, 4.69) is 27.0 Å². The Kier molecular flexibility index (Phi) is 12.1. The van der Waals surface area contributed by atoms with E-state index >= 15 is 0 Å². The van der Waals surface area contributed by atoms with E-state index < -0.39 is 28.8 Å². The number of carbonyl (C=O) groups excluding carboxylic acids is 4. The maximum atomic E-state index is 14.1. The number of pyridine rings is 1. The summed E-state index contributed by atoms with van der Waals surface area (Å²) in [6.07, 6.45) is 4.78. The van der Waals surface area contributed by atoms with Crippen molar-refractivity contribution in [3.63, 3.8) is 0 Å². The molecule has 0 saturated heterocycles. The molecule has 3 N–H and O–H groups in total. The van der Waals surface area contributed by atoms with Gasteiger partial charge < -0.3 is 25.6 Å². The third kappa shape index (κ3) is 10.1. The highest BCUT2D eigenvalue weighted by molar-refractivity contribution is 8.00. The van der Waals surface area contributed by atoms with Crippen LogP contribution in [0.1, 0.15) is 63.5 Å². The van der Waals surface area contributed by atoms with Crippen molar-refractivity contribution in [1.29, 1.82) is 5.26 Å². The molecule has 0 fully saturated rings. The number of fused-ring (bicyclic) bond motifs is 1. The molecule has 1 aliphatic heterocycles. The first-order chi connectivity index (χ1) is 26.5. The summed E-state index contributed by atoms with van der Waals surface area (Å²) in [5, 5.41) is 18.5. The summed E-state index contributed by atoms with van der Waals surface area (Å²) in [4.78, 5) is 60.9. The molecule has 0 aliphatic carbocycles. The quantitative estimate of drug-likeness (QED) is 0.0950. The summed E-state index contributed by atoms with van der Waals surface area (Å²) in [5.74, 6) is -1.34. The van der Waals surface area contributed by atoms with Gasteiger partial charge in [0, 0.05) is 40.0 Å². The van der Waals surface area contributed by atoms with Crippen LogP contribution in [0.4, 0.5) is 15.5 Å². The number of hydrogen-bond donors (Lipinski definition) is 3. The minimum atomic E-state index is -0.734. The van der Waals surface area contributed by atoms with Crippen molar-refractivity contribution in [3.05, 3.63) is 148 Å². The van der Waals surface area contributed by atoms with Crippen LogP contribution in [0.3, 0.4) is 0 Å². The van der Waals surface area contributed by atoms with Crippen molar-refractivity contribution in [2.75, 3.05) is 17.2 Å². The van der Waals surface area contributed by atoms with Gasteiger partial charge in [-0.2, -0.15) is 5.26 Å². The molecule has 1 unspecified atom stereocenters. The van der Waals surface area contributed by atoms with Crippen molar-refractivity contribution in [2.24, 2.45) is 0 Å². The number of hydrogen-bond acceptors (Lipinski definition) is 9. The molecule has 3 heterocycles. The molecule has 11 nitrogen and oxygen atoms in total. The number of anilines is 2. The highest BCUT2D eigenvalue weighted by atomic mass is 32.2. The van der Waals surface area contributed by atoms with Crippen LogP contribution in [-0.4, -0.2) is 45.8 Å². The average Bonchev–Trinajstić information content (AvgIpc) is 3.53. The highest BCUT2D eigenvalue weighted by Crippen LogP contribution is 2.41. The molecule has 278 valence electrons. The van der Waals surface area contributed by atoms with Crippen LogP contribution < -0.4 is 16.0 Å². The molecule has 2 aromatic heterocycles. The number of aromatic nitrogens is 1. The third-order valence-electron chi connectivity index (χ3n) is 8.27. The Balaban J connectivity index is 1.21. The lowest BCUT2D eigenvalue weighted by atomic mass is 10.0. The summed E-state index contributed by atoms with van der Waals surface area (Å²) < 4.78 is 5.56. The van der Waals surface area contributed by atoms with E-state index in [1.54, 1.807) is 84.0 Å². The molecule has 3 aromatic carbocycles. The Morgan fingerprint density at radius 2 is 1.71 bits per heavy atom. The number of carbonyl (C=O) groups is 4. The van der Waals surface area contributed by atoms with Gasteiger partial charge in [0.25, 0.3) is 11.8 Å². The van der Waals surface area contributed by atoms with E-state index in [-0.39, 0.29) is 18.1 Å². The summed E-state index contributed by atoms with van der Waals surface area (Å²) >= 11 is 2.57. The largest absolute Gasteiger partial charge is 0.444 e. The molecule has 4 amide bonds. The van der Waals surface area contributed by atoms with E-state index in [0.717, 1.165) is 16.0 Å².